The van der Waals surface area contributed by atoms with Crippen molar-refractivity contribution in [3.63, 3.8) is 0 Å². The summed E-state index contributed by atoms with van der Waals surface area (Å²) in [5.41, 5.74) is -0.0563. The fourth-order valence-corrected chi connectivity index (χ4v) is 1.11. The number of nitrogens with zero attached hydrogens (tertiary/aromatic N) is 1. The summed E-state index contributed by atoms with van der Waals surface area (Å²) in [5, 5.41) is 11.2. The van der Waals surface area contributed by atoms with Crippen molar-refractivity contribution in [3.05, 3.63) is 33.3 Å². The van der Waals surface area contributed by atoms with Crippen LogP contribution < -0.4 is 5.30 Å². The standard InChI is InChI=1S/C6H5ClNO2P/c7-5-2-1-4(11)3-6(5)8(9)10/h1-3H,11H2. The van der Waals surface area contributed by atoms with Crippen molar-refractivity contribution in [2.75, 3.05) is 0 Å². The zero-order chi connectivity index (χ0) is 8.43. The lowest BCUT2D eigenvalue weighted by molar-refractivity contribution is -0.384. The van der Waals surface area contributed by atoms with E-state index in [1.165, 1.54) is 12.1 Å². The zero-order valence-electron chi connectivity index (χ0n) is 5.45. The van der Waals surface area contributed by atoms with Crippen LogP contribution >= 0.6 is 20.8 Å². The van der Waals surface area contributed by atoms with Crippen molar-refractivity contribution >= 4 is 31.8 Å². The van der Waals surface area contributed by atoms with E-state index in [1.54, 1.807) is 6.07 Å². The molecule has 1 atom stereocenters. The van der Waals surface area contributed by atoms with Gasteiger partial charge in [-0.3, -0.25) is 10.1 Å². The van der Waals surface area contributed by atoms with Crippen LogP contribution in [0, 0.1) is 10.1 Å². The number of hydrogen-bond donors (Lipinski definition) is 0. The SMILES string of the molecule is O=[N+]([O-])c1cc(P)ccc1Cl. The maximum atomic E-state index is 10.3. The molecule has 11 heavy (non-hydrogen) atoms. The van der Waals surface area contributed by atoms with E-state index in [-0.39, 0.29) is 10.7 Å². The summed E-state index contributed by atoms with van der Waals surface area (Å²) in [4.78, 5) is 9.78. The Balaban J connectivity index is 3.23. The van der Waals surface area contributed by atoms with Gasteiger partial charge in [0.05, 0.1) is 4.92 Å². The van der Waals surface area contributed by atoms with Crippen LogP contribution in [0.15, 0.2) is 18.2 Å². The molecule has 0 aliphatic rings. The van der Waals surface area contributed by atoms with Crippen LogP contribution in [0.5, 0.6) is 0 Å². The van der Waals surface area contributed by atoms with Gasteiger partial charge in [0.2, 0.25) is 0 Å². The molecule has 5 heteroatoms. The van der Waals surface area contributed by atoms with Gasteiger partial charge in [-0.05, 0) is 11.4 Å². The Morgan fingerprint density at radius 1 is 1.55 bits per heavy atom. The molecule has 0 amide bonds. The Labute approximate surface area is 70.7 Å². The number of hydrogen-bond acceptors (Lipinski definition) is 2. The first kappa shape index (κ1) is 8.44. The van der Waals surface area contributed by atoms with Crippen LogP contribution in [0.3, 0.4) is 0 Å². The first-order chi connectivity index (χ1) is 5.11. The molecule has 1 unspecified atom stereocenters. The average Bonchev–Trinajstić information content (AvgIpc) is 1.94. The molecule has 0 aliphatic heterocycles. The van der Waals surface area contributed by atoms with E-state index >= 15 is 0 Å². The minimum Gasteiger partial charge on any atom is -0.258 e. The highest BCUT2D eigenvalue weighted by atomic mass is 35.5. The van der Waals surface area contributed by atoms with E-state index in [2.05, 4.69) is 9.24 Å². The van der Waals surface area contributed by atoms with E-state index in [9.17, 15) is 10.1 Å². The third kappa shape index (κ3) is 1.88. The molecule has 0 fully saturated rings. The fraction of sp³-hybridized carbons (Fsp3) is 0. The van der Waals surface area contributed by atoms with Gasteiger partial charge in [-0.2, -0.15) is 0 Å². The van der Waals surface area contributed by atoms with Crippen LogP contribution in [0.1, 0.15) is 0 Å². The Bertz CT molecular complexity index is 303. The first-order valence-corrected chi connectivity index (χ1v) is 3.76. The second-order valence-electron chi connectivity index (χ2n) is 1.97. The van der Waals surface area contributed by atoms with Gasteiger partial charge >= 0.3 is 0 Å². The van der Waals surface area contributed by atoms with Crippen molar-refractivity contribution in [2.45, 2.75) is 0 Å². The molecule has 3 nitrogen and oxygen atoms in total. The molecule has 0 radical (unpaired) electrons. The lowest BCUT2D eigenvalue weighted by atomic mass is 10.3. The molecule has 0 spiro atoms. The average molecular weight is 190 g/mol. The lowest BCUT2D eigenvalue weighted by Crippen LogP contribution is -1.95. The van der Waals surface area contributed by atoms with Crippen molar-refractivity contribution < 1.29 is 4.92 Å². The van der Waals surface area contributed by atoms with Crippen molar-refractivity contribution in [3.8, 4) is 0 Å². The Morgan fingerprint density at radius 3 is 2.64 bits per heavy atom. The second kappa shape index (κ2) is 3.16. The monoisotopic (exact) mass is 189 g/mol. The molecule has 0 heterocycles. The van der Waals surface area contributed by atoms with E-state index < -0.39 is 4.92 Å². The highest BCUT2D eigenvalue weighted by molar-refractivity contribution is 7.27. The van der Waals surface area contributed by atoms with Crippen LogP contribution in [-0.2, 0) is 0 Å². The summed E-state index contributed by atoms with van der Waals surface area (Å²) in [5.74, 6) is 0. The van der Waals surface area contributed by atoms with Gasteiger partial charge in [-0.25, -0.2) is 0 Å². The Morgan fingerprint density at radius 2 is 2.18 bits per heavy atom. The number of benzene rings is 1. The molecule has 58 valence electrons. The van der Waals surface area contributed by atoms with Gasteiger partial charge in [-0.15, -0.1) is 9.24 Å². The first-order valence-electron chi connectivity index (χ1n) is 2.80. The van der Waals surface area contributed by atoms with Crippen LogP contribution in [0.25, 0.3) is 0 Å². The van der Waals surface area contributed by atoms with E-state index in [0.29, 0.717) is 0 Å². The number of nitro benzene ring substituents is 1. The Kier molecular flexibility index (Phi) is 2.42. The highest BCUT2D eigenvalue weighted by Crippen LogP contribution is 2.22. The van der Waals surface area contributed by atoms with Gasteiger partial charge in [0.1, 0.15) is 5.02 Å². The molecule has 0 saturated heterocycles. The van der Waals surface area contributed by atoms with Crippen molar-refractivity contribution in [1.82, 2.24) is 0 Å². The predicted octanol–water partition coefficient (Wildman–Crippen LogP) is 1.75. The number of halogens is 1. The topological polar surface area (TPSA) is 43.1 Å². The Hall–Kier alpha value is -0.660. The molecule has 0 N–H and O–H groups in total. The van der Waals surface area contributed by atoms with Gasteiger partial charge in [0, 0.05) is 6.07 Å². The molecule has 0 aromatic heterocycles. The molecular weight excluding hydrogens is 184 g/mol. The number of nitro groups is 1. The normalized spacial score (nSPS) is 9.64. The second-order valence-corrected chi connectivity index (χ2v) is 3.04. The molecule has 1 rings (SSSR count). The highest BCUT2D eigenvalue weighted by Gasteiger charge is 2.10. The minimum absolute atomic E-state index is 0.0563. The van der Waals surface area contributed by atoms with Gasteiger partial charge in [0.15, 0.2) is 0 Å². The maximum Gasteiger partial charge on any atom is 0.288 e. The largest absolute Gasteiger partial charge is 0.288 e. The number of rotatable bonds is 1. The summed E-state index contributed by atoms with van der Waals surface area (Å²) < 4.78 is 0. The van der Waals surface area contributed by atoms with Gasteiger partial charge in [0.25, 0.3) is 5.69 Å². The third-order valence-corrected chi connectivity index (χ3v) is 1.85. The summed E-state index contributed by atoms with van der Waals surface area (Å²) in [6, 6.07) is 4.61. The molecule has 1 aromatic rings. The molecule has 1 aromatic carbocycles. The van der Waals surface area contributed by atoms with Crippen LogP contribution in [0.4, 0.5) is 5.69 Å². The summed E-state index contributed by atoms with van der Waals surface area (Å²) in [6.45, 7) is 0. The molecular formula is C6H5ClNO2P. The van der Waals surface area contributed by atoms with Gasteiger partial charge < -0.3 is 0 Å². The maximum absolute atomic E-state index is 10.3. The van der Waals surface area contributed by atoms with Crippen LogP contribution in [0.2, 0.25) is 5.02 Å². The van der Waals surface area contributed by atoms with E-state index in [0.717, 1.165) is 5.30 Å². The zero-order valence-corrected chi connectivity index (χ0v) is 7.36. The lowest BCUT2D eigenvalue weighted by Gasteiger charge is -1.94. The minimum atomic E-state index is -0.504. The summed E-state index contributed by atoms with van der Waals surface area (Å²) in [6.07, 6.45) is 0. The molecule has 0 saturated carbocycles. The molecule has 0 aliphatic carbocycles. The third-order valence-electron chi connectivity index (χ3n) is 1.17. The summed E-state index contributed by atoms with van der Waals surface area (Å²) in [7, 11) is 2.37. The van der Waals surface area contributed by atoms with E-state index in [4.69, 9.17) is 11.6 Å². The van der Waals surface area contributed by atoms with Crippen molar-refractivity contribution in [1.29, 1.82) is 0 Å². The van der Waals surface area contributed by atoms with Crippen molar-refractivity contribution in [2.24, 2.45) is 0 Å². The van der Waals surface area contributed by atoms with Gasteiger partial charge in [-0.1, -0.05) is 17.7 Å². The van der Waals surface area contributed by atoms with Crippen LogP contribution in [-0.4, -0.2) is 4.92 Å². The molecule has 0 bridgehead atoms. The summed E-state index contributed by atoms with van der Waals surface area (Å²) >= 11 is 5.54. The fourth-order valence-electron chi connectivity index (χ4n) is 0.670. The quantitative estimate of drug-likeness (QED) is 0.384. The van der Waals surface area contributed by atoms with E-state index in [1.807, 2.05) is 0 Å². The predicted molar refractivity (Wildman–Crippen MR) is 47.5 cm³/mol. The smallest absolute Gasteiger partial charge is 0.258 e.